The molecule has 0 saturated heterocycles. The normalized spacial score (nSPS) is 12.7. The third-order valence-corrected chi connectivity index (χ3v) is 4.99. The molecule has 1 heterocycles. The molecule has 6 nitrogen and oxygen atoms in total. The summed E-state index contributed by atoms with van der Waals surface area (Å²) >= 11 is 0. The first-order valence-electron chi connectivity index (χ1n) is 10.3. The van der Waals surface area contributed by atoms with Crippen molar-refractivity contribution in [2.24, 2.45) is 4.99 Å². The molecule has 0 bridgehead atoms. The zero-order valence-electron chi connectivity index (χ0n) is 17.7. The number of nitrogens with one attached hydrogen (secondary N) is 2. The molecule has 0 unspecified atom stereocenters. The van der Waals surface area contributed by atoms with E-state index in [4.69, 9.17) is 4.74 Å². The number of rotatable bonds is 8. The number of anilines is 1. The lowest BCUT2D eigenvalue weighted by Crippen LogP contribution is -2.38. The van der Waals surface area contributed by atoms with Crippen molar-refractivity contribution in [3.05, 3.63) is 59.7 Å². The van der Waals surface area contributed by atoms with E-state index >= 15 is 0 Å². The predicted molar refractivity (Wildman–Crippen MR) is 133 cm³/mol. The molecule has 1 amide bonds. The molecule has 0 fully saturated rings. The monoisotopic (exact) mass is 522 g/mol. The highest BCUT2D eigenvalue weighted by Gasteiger charge is 2.23. The maximum Gasteiger partial charge on any atom is 0.227 e. The summed E-state index contributed by atoms with van der Waals surface area (Å²) in [6, 6.07) is 16.1. The second kappa shape index (κ2) is 12.4. The van der Waals surface area contributed by atoms with E-state index in [1.807, 2.05) is 54.3 Å². The second-order valence-corrected chi connectivity index (χ2v) is 6.92. The number of halogens is 1. The van der Waals surface area contributed by atoms with Crippen LogP contribution in [0.1, 0.15) is 30.9 Å². The molecule has 2 aromatic carbocycles. The number of amides is 1. The molecule has 0 saturated carbocycles. The molecule has 1 aliphatic rings. The Balaban J connectivity index is 0.00000320. The van der Waals surface area contributed by atoms with Gasteiger partial charge in [-0.2, -0.15) is 0 Å². The number of guanidine groups is 1. The summed E-state index contributed by atoms with van der Waals surface area (Å²) in [6.45, 7) is 4.72. The summed E-state index contributed by atoms with van der Waals surface area (Å²) in [7, 11) is 1.75. The largest absolute Gasteiger partial charge is 0.494 e. The van der Waals surface area contributed by atoms with Gasteiger partial charge in [-0.3, -0.25) is 9.79 Å². The van der Waals surface area contributed by atoms with E-state index in [1.54, 1.807) is 7.05 Å². The average molecular weight is 522 g/mol. The molecule has 2 aromatic rings. The highest BCUT2D eigenvalue weighted by atomic mass is 127. The molecular weight excluding hydrogens is 491 g/mol. The van der Waals surface area contributed by atoms with Gasteiger partial charge in [0.25, 0.3) is 0 Å². The summed E-state index contributed by atoms with van der Waals surface area (Å²) in [5.41, 5.74) is 3.41. The van der Waals surface area contributed by atoms with Crippen LogP contribution in [0.4, 0.5) is 5.69 Å². The standard InChI is InChI=1S/C23H30N4O2.HI/c1-3-29-21-12-7-5-10-19(21)17-26-23(24-2)25-15-8-13-22(28)27-16-14-18-9-4-6-11-20(18)27;/h4-7,9-12H,3,8,13-17H2,1-2H3,(H2,24,25,26);1H. The molecule has 0 aromatic heterocycles. The molecule has 0 aliphatic carbocycles. The van der Waals surface area contributed by atoms with E-state index in [0.717, 1.165) is 42.3 Å². The van der Waals surface area contributed by atoms with Crippen molar-refractivity contribution in [3.8, 4) is 5.75 Å². The van der Waals surface area contributed by atoms with Crippen LogP contribution in [0.5, 0.6) is 5.75 Å². The molecule has 2 N–H and O–H groups in total. The maximum absolute atomic E-state index is 12.6. The zero-order valence-corrected chi connectivity index (χ0v) is 20.0. The van der Waals surface area contributed by atoms with Crippen molar-refractivity contribution >= 4 is 41.5 Å². The van der Waals surface area contributed by atoms with Gasteiger partial charge in [-0.25, -0.2) is 0 Å². The van der Waals surface area contributed by atoms with Gasteiger partial charge in [-0.1, -0.05) is 36.4 Å². The van der Waals surface area contributed by atoms with E-state index < -0.39 is 0 Å². The maximum atomic E-state index is 12.6. The number of ether oxygens (including phenoxy) is 1. The molecule has 0 radical (unpaired) electrons. The van der Waals surface area contributed by atoms with E-state index in [1.165, 1.54) is 5.56 Å². The van der Waals surface area contributed by atoms with Gasteiger partial charge in [-0.05, 0) is 37.5 Å². The summed E-state index contributed by atoms with van der Waals surface area (Å²) in [6.07, 6.45) is 2.22. The van der Waals surface area contributed by atoms with Gasteiger partial charge in [0.05, 0.1) is 6.61 Å². The quantitative estimate of drug-likeness (QED) is 0.240. The minimum Gasteiger partial charge on any atom is -0.494 e. The Kier molecular flexibility index (Phi) is 9.93. The van der Waals surface area contributed by atoms with Crippen molar-refractivity contribution in [3.63, 3.8) is 0 Å². The molecule has 0 spiro atoms. The van der Waals surface area contributed by atoms with Gasteiger partial charge in [0.1, 0.15) is 5.75 Å². The number of hydrogen-bond donors (Lipinski definition) is 2. The molecule has 30 heavy (non-hydrogen) atoms. The number of carbonyl (C=O) groups is 1. The number of para-hydroxylation sites is 2. The molecule has 7 heteroatoms. The van der Waals surface area contributed by atoms with Crippen LogP contribution in [0.3, 0.4) is 0 Å². The van der Waals surface area contributed by atoms with Crippen molar-refractivity contribution in [1.82, 2.24) is 10.6 Å². The zero-order chi connectivity index (χ0) is 20.5. The number of aliphatic imine (C=N–C) groups is 1. The molecule has 1 aliphatic heterocycles. The summed E-state index contributed by atoms with van der Waals surface area (Å²) in [5, 5.41) is 6.59. The number of nitrogens with zero attached hydrogens (tertiary/aromatic N) is 2. The van der Waals surface area contributed by atoms with Crippen LogP contribution in [0.15, 0.2) is 53.5 Å². The number of hydrogen-bond acceptors (Lipinski definition) is 3. The van der Waals surface area contributed by atoms with Crippen LogP contribution in [0.25, 0.3) is 0 Å². The number of carbonyl (C=O) groups excluding carboxylic acids is 1. The van der Waals surface area contributed by atoms with E-state index in [2.05, 4.69) is 21.7 Å². The Hall–Kier alpha value is -2.29. The molecule has 0 atom stereocenters. The van der Waals surface area contributed by atoms with Crippen LogP contribution < -0.4 is 20.3 Å². The van der Waals surface area contributed by atoms with Crippen LogP contribution >= 0.6 is 24.0 Å². The van der Waals surface area contributed by atoms with Gasteiger partial charge in [0.15, 0.2) is 5.96 Å². The minimum absolute atomic E-state index is 0. The second-order valence-electron chi connectivity index (χ2n) is 6.92. The minimum atomic E-state index is 0. The molecule has 3 rings (SSSR count). The molecule has 162 valence electrons. The fourth-order valence-electron chi connectivity index (χ4n) is 3.52. The number of benzene rings is 2. The van der Waals surface area contributed by atoms with Crippen LogP contribution in [0.2, 0.25) is 0 Å². The Morgan fingerprint density at radius 2 is 1.90 bits per heavy atom. The van der Waals surface area contributed by atoms with Crippen molar-refractivity contribution in [1.29, 1.82) is 0 Å². The lowest BCUT2D eigenvalue weighted by Gasteiger charge is -2.18. The lowest BCUT2D eigenvalue weighted by atomic mass is 10.2. The van der Waals surface area contributed by atoms with Crippen LogP contribution in [0, 0.1) is 0 Å². The Morgan fingerprint density at radius 3 is 2.70 bits per heavy atom. The topological polar surface area (TPSA) is 66.0 Å². The Morgan fingerprint density at radius 1 is 1.13 bits per heavy atom. The highest BCUT2D eigenvalue weighted by Crippen LogP contribution is 2.28. The predicted octanol–water partition coefficient (Wildman–Crippen LogP) is 3.74. The Bertz CT molecular complexity index is 857. The first-order chi connectivity index (χ1) is 14.2. The summed E-state index contributed by atoms with van der Waals surface area (Å²) in [5.74, 6) is 1.79. The molecular formula is C23H31IN4O2. The summed E-state index contributed by atoms with van der Waals surface area (Å²) < 4.78 is 5.66. The SMILES string of the molecule is CCOc1ccccc1CNC(=NC)NCCCC(=O)N1CCc2ccccc21.I. The first-order valence-corrected chi connectivity index (χ1v) is 10.3. The fourth-order valence-corrected chi connectivity index (χ4v) is 3.52. The van der Waals surface area contributed by atoms with Crippen molar-refractivity contribution < 1.29 is 9.53 Å². The number of fused-ring (bicyclic) bond motifs is 1. The van der Waals surface area contributed by atoms with Crippen LogP contribution in [-0.4, -0.2) is 38.6 Å². The van der Waals surface area contributed by atoms with Gasteiger partial charge >= 0.3 is 0 Å². The highest BCUT2D eigenvalue weighted by molar-refractivity contribution is 14.0. The van der Waals surface area contributed by atoms with E-state index in [-0.39, 0.29) is 29.9 Å². The third kappa shape index (κ3) is 6.35. The lowest BCUT2D eigenvalue weighted by molar-refractivity contribution is -0.118. The van der Waals surface area contributed by atoms with Crippen molar-refractivity contribution in [2.45, 2.75) is 32.7 Å². The Labute approximate surface area is 196 Å². The van der Waals surface area contributed by atoms with Crippen LogP contribution in [-0.2, 0) is 17.8 Å². The van der Waals surface area contributed by atoms with E-state index in [0.29, 0.717) is 26.1 Å². The van der Waals surface area contributed by atoms with Gasteiger partial charge in [0.2, 0.25) is 5.91 Å². The summed E-state index contributed by atoms with van der Waals surface area (Å²) in [4.78, 5) is 18.7. The smallest absolute Gasteiger partial charge is 0.227 e. The fraction of sp³-hybridized carbons (Fsp3) is 0.391. The van der Waals surface area contributed by atoms with Gasteiger partial charge in [-0.15, -0.1) is 24.0 Å². The third-order valence-electron chi connectivity index (χ3n) is 4.99. The van der Waals surface area contributed by atoms with E-state index in [9.17, 15) is 4.79 Å². The van der Waals surface area contributed by atoms with Gasteiger partial charge < -0.3 is 20.3 Å². The average Bonchev–Trinajstić information content (AvgIpc) is 3.18. The van der Waals surface area contributed by atoms with Gasteiger partial charge in [0, 0.05) is 44.4 Å². The first kappa shape index (κ1) is 24.0. The van der Waals surface area contributed by atoms with Crippen molar-refractivity contribution in [2.75, 3.05) is 31.6 Å².